The molecule has 1 amide bonds. The zero-order chi connectivity index (χ0) is 28.1. The number of rotatable bonds is 8. The molecule has 0 radical (unpaired) electrons. The Kier molecular flexibility index (Phi) is 5.20. The summed E-state index contributed by atoms with van der Waals surface area (Å²) in [7, 11) is 1.69. The first-order valence-corrected chi connectivity index (χ1v) is 15.4. The van der Waals surface area contributed by atoms with Gasteiger partial charge in [0.05, 0.1) is 31.1 Å². The summed E-state index contributed by atoms with van der Waals surface area (Å²) in [6, 6.07) is 10.7. The molecule has 9 heteroatoms. The summed E-state index contributed by atoms with van der Waals surface area (Å²) in [6.45, 7) is 5.31. The minimum Gasteiger partial charge on any atom is -0.494 e. The first-order valence-electron chi connectivity index (χ1n) is 15.4. The molecule has 0 N–H and O–H groups in total. The number of hydrogen-bond acceptors (Lipinski definition) is 5. The molecule has 0 spiro atoms. The molecule has 4 fully saturated rings. The Morgan fingerprint density at radius 3 is 2.79 bits per heavy atom. The van der Waals surface area contributed by atoms with E-state index < -0.39 is 0 Å². The number of amides is 1. The molecule has 3 unspecified atom stereocenters. The largest absolute Gasteiger partial charge is 0.494 e. The zero-order valence-electron chi connectivity index (χ0n) is 24.1. The second-order valence-corrected chi connectivity index (χ2v) is 12.9. The maximum atomic E-state index is 13.9. The first kappa shape index (κ1) is 24.5. The van der Waals surface area contributed by atoms with E-state index in [4.69, 9.17) is 14.7 Å². The summed E-state index contributed by atoms with van der Waals surface area (Å²) in [5, 5.41) is 5.64. The molecule has 4 aliphatic rings. The van der Waals surface area contributed by atoms with Crippen molar-refractivity contribution in [3.63, 3.8) is 0 Å². The molecule has 5 aromatic rings. The molecule has 1 aliphatic heterocycles. The second-order valence-electron chi connectivity index (χ2n) is 12.9. The Morgan fingerprint density at radius 1 is 1.12 bits per heavy atom. The topological polar surface area (TPSA) is 83.0 Å². The summed E-state index contributed by atoms with van der Waals surface area (Å²) in [6.07, 6.45) is 10.8. The van der Waals surface area contributed by atoms with Crippen LogP contribution in [0, 0.1) is 23.7 Å². The lowest BCUT2D eigenvalue weighted by atomic mass is 9.53. The van der Waals surface area contributed by atoms with E-state index >= 15 is 0 Å². The molecule has 42 heavy (non-hydrogen) atoms. The summed E-state index contributed by atoms with van der Waals surface area (Å²) >= 11 is 0. The standard InChI is InChI=1S/C33H35N7O2/c1-3-37-15-20(14-35-37)17-40-30-25(36-32(40)27-11-21-5-4-8-34-31(21)38(27)16-19-6-7-19)10-23(13-28(30)42-2)33(41)39-18-24-9-22-12-26(39)29(22)24/h4-5,8,10-11,13-15,19,22,24,26,29H,3,6-7,9,12,16-18H2,1-2H3/t22?,24?,26?,29-/m1/s1. The maximum absolute atomic E-state index is 13.9. The van der Waals surface area contributed by atoms with Crippen LogP contribution in [0.2, 0.25) is 0 Å². The third kappa shape index (κ3) is 3.55. The number of benzene rings is 1. The molecule has 1 saturated heterocycles. The van der Waals surface area contributed by atoms with Gasteiger partial charge in [-0.3, -0.25) is 9.48 Å². The Labute approximate surface area is 244 Å². The van der Waals surface area contributed by atoms with Gasteiger partial charge in [0, 0.05) is 54.6 Å². The fraction of sp³-hybridized carbons (Fsp3) is 0.455. The van der Waals surface area contributed by atoms with Gasteiger partial charge in [-0.1, -0.05) is 0 Å². The fourth-order valence-corrected chi connectivity index (χ4v) is 8.08. The Bertz CT molecular complexity index is 1880. The predicted octanol–water partition coefficient (Wildman–Crippen LogP) is 5.22. The van der Waals surface area contributed by atoms with Gasteiger partial charge in [0.1, 0.15) is 16.9 Å². The SMILES string of the molecule is CCn1cc(Cn2c(-c3cc4cccnc4n3CC3CC3)nc3cc(C(=O)N4CC5CC6CC4[C@H]65)cc(OC)c32)cn1. The number of carbonyl (C=O) groups is 1. The molecule has 0 bridgehead atoms. The Morgan fingerprint density at radius 2 is 2.02 bits per heavy atom. The van der Waals surface area contributed by atoms with E-state index in [1.807, 2.05) is 35.3 Å². The van der Waals surface area contributed by atoms with Crippen LogP contribution in [0.4, 0.5) is 0 Å². The van der Waals surface area contributed by atoms with E-state index in [0.717, 1.165) is 77.0 Å². The van der Waals surface area contributed by atoms with Crippen LogP contribution in [0.5, 0.6) is 5.75 Å². The molecule has 5 heterocycles. The first-order chi connectivity index (χ1) is 20.6. The van der Waals surface area contributed by atoms with Crippen LogP contribution >= 0.6 is 0 Å². The number of hydrogen-bond donors (Lipinski definition) is 0. The van der Waals surface area contributed by atoms with Crippen molar-refractivity contribution < 1.29 is 9.53 Å². The van der Waals surface area contributed by atoms with Crippen molar-refractivity contribution in [1.82, 2.24) is 33.8 Å². The van der Waals surface area contributed by atoms with E-state index in [1.54, 1.807) is 7.11 Å². The second kappa shape index (κ2) is 8.93. The normalized spacial score (nSPS) is 24.2. The number of fused-ring (bicyclic) bond motifs is 2. The van der Waals surface area contributed by atoms with Crippen LogP contribution in [-0.4, -0.2) is 59.4 Å². The smallest absolute Gasteiger partial charge is 0.254 e. The molecule has 1 aromatic carbocycles. The van der Waals surface area contributed by atoms with Gasteiger partial charge in [-0.05, 0) is 86.6 Å². The van der Waals surface area contributed by atoms with E-state index in [9.17, 15) is 4.79 Å². The highest BCUT2D eigenvalue weighted by molar-refractivity contribution is 6.00. The lowest BCUT2D eigenvalue weighted by Gasteiger charge is -2.52. The van der Waals surface area contributed by atoms with Crippen molar-refractivity contribution in [1.29, 1.82) is 0 Å². The lowest BCUT2D eigenvalue weighted by Crippen LogP contribution is -2.53. The molecule has 9 nitrogen and oxygen atoms in total. The molecule has 3 saturated carbocycles. The highest BCUT2D eigenvalue weighted by atomic mass is 16.5. The third-order valence-electron chi connectivity index (χ3n) is 10.4. The molecule has 4 aromatic heterocycles. The Balaban J connectivity index is 1.21. The third-order valence-corrected chi connectivity index (χ3v) is 10.4. The molecular formula is C33H35N7O2. The monoisotopic (exact) mass is 561 g/mol. The van der Waals surface area contributed by atoms with E-state index in [1.165, 1.54) is 19.3 Å². The minimum atomic E-state index is 0.111. The van der Waals surface area contributed by atoms with Crippen molar-refractivity contribution in [3.8, 4) is 17.3 Å². The number of ether oxygens (including phenoxy) is 1. The molecule has 9 rings (SSSR count). The van der Waals surface area contributed by atoms with Crippen molar-refractivity contribution in [3.05, 3.63) is 60.0 Å². The average Bonchev–Trinajstić information content (AvgIpc) is 3.40. The summed E-state index contributed by atoms with van der Waals surface area (Å²) in [5.41, 5.74) is 5.47. The van der Waals surface area contributed by atoms with E-state index in [-0.39, 0.29) is 5.91 Å². The van der Waals surface area contributed by atoms with Crippen molar-refractivity contribution in [2.24, 2.45) is 23.7 Å². The van der Waals surface area contributed by atoms with Gasteiger partial charge in [0.25, 0.3) is 5.91 Å². The Hall–Kier alpha value is -4.14. The summed E-state index contributed by atoms with van der Waals surface area (Å²) in [4.78, 5) is 26.1. The number of likely N-dealkylation sites (tertiary alicyclic amines) is 1. The zero-order valence-corrected chi connectivity index (χ0v) is 24.1. The van der Waals surface area contributed by atoms with Gasteiger partial charge in [0.2, 0.25) is 0 Å². The molecule has 214 valence electrons. The number of methoxy groups -OCH3 is 1. The van der Waals surface area contributed by atoms with Gasteiger partial charge < -0.3 is 18.8 Å². The lowest BCUT2D eigenvalue weighted by molar-refractivity contribution is -0.0204. The summed E-state index contributed by atoms with van der Waals surface area (Å²) in [5.74, 6) is 4.59. The quantitative estimate of drug-likeness (QED) is 0.260. The van der Waals surface area contributed by atoms with E-state index in [0.29, 0.717) is 35.7 Å². The predicted molar refractivity (Wildman–Crippen MR) is 159 cm³/mol. The van der Waals surface area contributed by atoms with Gasteiger partial charge in [-0.2, -0.15) is 5.10 Å². The van der Waals surface area contributed by atoms with E-state index in [2.05, 4.69) is 44.4 Å². The number of pyridine rings is 1. The minimum absolute atomic E-state index is 0.111. The number of nitrogens with zero attached hydrogens (tertiary/aromatic N) is 7. The van der Waals surface area contributed by atoms with Crippen LogP contribution in [0.1, 0.15) is 48.5 Å². The van der Waals surface area contributed by atoms with Crippen LogP contribution in [0.25, 0.3) is 33.6 Å². The molecule has 3 aliphatic carbocycles. The van der Waals surface area contributed by atoms with Gasteiger partial charge in [0.15, 0.2) is 5.82 Å². The van der Waals surface area contributed by atoms with Gasteiger partial charge >= 0.3 is 0 Å². The number of carbonyl (C=O) groups excluding carboxylic acids is 1. The van der Waals surface area contributed by atoms with Crippen LogP contribution in [0.15, 0.2) is 48.9 Å². The summed E-state index contributed by atoms with van der Waals surface area (Å²) < 4.78 is 12.5. The van der Waals surface area contributed by atoms with Gasteiger partial charge in [-0.25, -0.2) is 9.97 Å². The van der Waals surface area contributed by atoms with Crippen LogP contribution in [-0.2, 0) is 19.6 Å². The fourth-order valence-electron chi connectivity index (χ4n) is 8.08. The van der Waals surface area contributed by atoms with Crippen LogP contribution < -0.4 is 4.74 Å². The highest BCUT2D eigenvalue weighted by Crippen LogP contribution is 2.60. The van der Waals surface area contributed by atoms with Crippen molar-refractivity contribution in [2.75, 3.05) is 13.7 Å². The number of imidazole rings is 1. The van der Waals surface area contributed by atoms with Crippen molar-refractivity contribution >= 4 is 28.0 Å². The maximum Gasteiger partial charge on any atom is 0.254 e. The van der Waals surface area contributed by atoms with Crippen LogP contribution in [0.3, 0.4) is 0 Å². The van der Waals surface area contributed by atoms with Crippen molar-refractivity contribution in [2.45, 2.75) is 58.3 Å². The average molecular weight is 562 g/mol. The molecule has 4 atom stereocenters. The number of aryl methyl sites for hydroxylation is 1. The number of aromatic nitrogens is 6. The molecular weight excluding hydrogens is 526 g/mol. The highest BCUT2D eigenvalue weighted by Gasteiger charge is 2.61. The van der Waals surface area contributed by atoms with Gasteiger partial charge in [-0.15, -0.1) is 0 Å².